The fourth-order valence-corrected chi connectivity index (χ4v) is 3.37. The third-order valence-electron chi connectivity index (χ3n) is 4.56. The first kappa shape index (κ1) is 16.2. The highest BCUT2D eigenvalue weighted by Crippen LogP contribution is 2.22. The highest BCUT2D eigenvalue weighted by atomic mass is 16.5. The Kier molecular flexibility index (Phi) is 5.81. The van der Waals surface area contributed by atoms with E-state index in [0.717, 1.165) is 32.5 Å². The van der Waals surface area contributed by atoms with Gasteiger partial charge in [-0.1, -0.05) is 60.7 Å². The van der Waals surface area contributed by atoms with Gasteiger partial charge in [0.15, 0.2) is 0 Å². The molecule has 0 amide bonds. The van der Waals surface area contributed by atoms with Crippen LogP contribution >= 0.6 is 0 Å². The van der Waals surface area contributed by atoms with Crippen molar-refractivity contribution in [1.29, 1.82) is 0 Å². The molecular formula is C20H26N2O. The standard InChI is InChI=1S/C20H26N2O/c21-14-19(20-12-7-13-23-20)22(15-17-8-3-1-4-9-17)16-18-10-5-2-6-11-18/h1-6,8-11,19-20H,7,12-16,21H2. The van der Waals surface area contributed by atoms with Gasteiger partial charge in [-0.25, -0.2) is 0 Å². The van der Waals surface area contributed by atoms with Crippen LogP contribution in [0.15, 0.2) is 60.7 Å². The predicted molar refractivity (Wildman–Crippen MR) is 93.9 cm³/mol. The van der Waals surface area contributed by atoms with Crippen molar-refractivity contribution in [1.82, 2.24) is 4.90 Å². The molecule has 0 aromatic heterocycles. The number of ether oxygens (including phenoxy) is 1. The summed E-state index contributed by atoms with van der Waals surface area (Å²) in [5.74, 6) is 0. The number of hydrogen-bond acceptors (Lipinski definition) is 3. The second kappa shape index (κ2) is 8.25. The maximum Gasteiger partial charge on any atom is 0.0743 e. The van der Waals surface area contributed by atoms with E-state index >= 15 is 0 Å². The normalized spacial score (nSPS) is 19.1. The molecule has 3 nitrogen and oxygen atoms in total. The minimum absolute atomic E-state index is 0.257. The topological polar surface area (TPSA) is 38.5 Å². The molecule has 0 aliphatic carbocycles. The molecular weight excluding hydrogens is 284 g/mol. The summed E-state index contributed by atoms with van der Waals surface area (Å²) in [5.41, 5.74) is 8.78. The third-order valence-corrected chi connectivity index (χ3v) is 4.56. The molecule has 0 saturated carbocycles. The van der Waals surface area contributed by atoms with Crippen LogP contribution in [0.5, 0.6) is 0 Å². The Morgan fingerprint density at radius 1 is 0.957 bits per heavy atom. The van der Waals surface area contributed by atoms with Crippen molar-refractivity contribution in [2.45, 2.75) is 38.1 Å². The minimum atomic E-state index is 0.257. The van der Waals surface area contributed by atoms with Crippen molar-refractivity contribution in [2.24, 2.45) is 5.73 Å². The van der Waals surface area contributed by atoms with Crippen molar-refractivity contribution >= 4 is 0 Å². The summed E-state index contributed by atoms with van der Waals surface area (Å²) in [5, 5.41) is 0. The first-order valence-electron chi connectivity index (χ1n) is 8.50. The first-order valence-corrected chi connectivity index (χ1v) is 8.50. The highest BCUT2D eigenvalue weighted by molar-refractivity contribution is 5.17. The molecule has 1 aliphatic rings. The molecule has 2 N–H and O–H groups in total. The van der Waals surface area contributed by atoms with E-state index in [2.05, 4.69) is 65.6 Å². The van der Waals surface area contributed by atoms with E-state index in [-0.39, 0.29) is 12.1 Å². The molecule has 1 aliphatic heterocycles. The lowest BCUT2D eigenvalue weighted by molar-refractivity contribution is 0.0200. The maximum absolute atomic E-state index is 6.14. The largest absolute Gasteiger partial charge is 0.377 e. The summed E-state index contributed by atoms with van der Waals surface area (Å²) in [7, 11) is 0. The van der Waals surface area contributed by atoms with Crippen molar-refractivity contribution in [3.8, 4) is 0 Å². The zero-order valence-corrected chi connectivity index (χ0v) is 13.6. The van der Waals surface area contributed by atoms with Gasteiger partial charge >= 0.3 is 0 Å². The van der Waals surface area contributed by atoms with Gasteiger partial charge in [0.1, 0.15) is 0 Å². The van der Waals surface area contributed by atoms with Crippen LogP contribution in [0.25, 0.3) is 0 Å². The van der Waals surface area contributed by atoms with Crippen LogP contribution in [0, 0.1) is 0 Å². The molecule has 3 heteroatoms. The van der Waals surface area contributed by atoms with Crippen LogP contribution in [0.4, 0.5) is 0 Å². The zero-order valence-electron chi connectivity index (χ0n) is 13.6. The lowest BCUT2D eigenvalue weighted by Crippen LogP contribution is -2.47. The van der Waals surface area contributed by atoms with Gasteiger partial charge in [0.2, 0.25) is 0 Å². The molecule has 2 aromatic carbocycles. The van der Waals surface area contributed by atoms with E-state index < -0.39 is 0 Å². The Balaban J connectivity index is 1.79. The van der Waals surface area contributed by atoms with E-state index in [1.165, 1.54) is 11.1 Å². The second-order valence-corrected chi connectivity index (χ2v) is 6.23. The van der Waals surface area contributed by atoms with Gasteiger partial charge < -0.3 is 10.5 Å². The van der Waals surface area contributed by atoms with E-state index in [9.17, 15) is 0 Å². The van der Waals surface area contributed by atoms with E-state index in [1.807, 2.05) is 0 Å². The Morgan fingerprint density at radius 2 is 1.52 bits per heavy atom. The molecule has 23 heavy (non-hydrogen) atoms. The zero-order chi connectivity index (χ0) is 15.9. The lowest BCUT2D eigenvalue weighted by atomic mass is 10.0. The fraction of sp³-hybridized carbons (Fsp3) is 0.400. The molecule has 0 radical (unpaired) electrons. The molecule has 2 atom stereocenters. The van der Waals surface area contributed by atoms with E-state index in [1.54, 1.807) is 0 Å². The lowest BCUT2D eigenvalue weighted by Gasteiger charge is -2.34. The van der Waals surface area contributed by atoms with Crippen molar-refractivity contribution < 1.29 is 4.74 Å². The third kappa shape index (κ3) is 4.41. The average Bonchev–Trinajstić information content (AvgIpc) is 3.12. The van der Waals surface area contributed by atoms with Gasteiger partial charge in [-0.05, 0) is 24.0 Å². The first-order chi connectivity index (χ1) is 11.4. The van der Waals surface area contributed by atoms with Gasteiger partial charge in [-0.3, -0.25) is 4.90 Å². The summed E-state index contributed by atoms with van der Waals surface area (Å²) < 4.78 is 5.94. The van der Waals surface area contributed by atoms with Gasteiger partial charge in [0.05, 0.1) is 6.10 Å². The van der Waals surface area contributed by atoms with Crippen molar-refractivity contribution in [2.75, 3.05) is 13.2 Å². The quantitative estimate of drug-likeness (QED) is 0.853. The summed E-state index contributed by atoms with van der Waals surface area (Å²) in [4.78, 5) is 2.47. The molecule has 0 spiro atoms. The molecule has 122 valence electrons. The smallest absolute Gasteiger partial charge is 0.0743 e. The molecule has 0 bridgehead atoms. The predicted octanol–water partition coefficient (Wildman–Crippen LogP) is 3.20. The van der Waals surface area contributed by atoms with Crippen molar-refractivity contribution in [3.05, 3.63) is 71.8 Å². The maximum atomic E-state index is 6.14. The summed E-state index contributed by atoms with van der Waals surface area (Å²) in [6.45, 7) is 3.30. The van der Waals surface area contributed by atoms with Crippen LogP contribution in [-0.4, -0.2) is 30.2 Å². The Bertz CT molecular complexity index is 525. The Hall–Kier alpha value is -1.68. The Morgan fingerprint density at radius 3 is 1.96 bits per heavy atom. The molecule has 1 fully saturated rings. The monoisotopic (exact) mass is 310 g/mol. The Labute approximate surface area is 139 Å². The van der Waals surface area contributed by atoms with Gasteiger partial charge in [0, 0.05) is 32.3 Å². The highest BCUT2D eigenvalue weighted by Gasteiger charge is 2.30. The SMILES string of the molecule is NCC(C1CCCO1)N(Cc1ccccc1)Cc1ccccc1. The number of nitrogens with two attached hydrogens (primary N) is 1. The van der Waals surface area contributed by atoms with E-state index in [0.29, 0.717) is 6.54 Å². The molecule has 1 saturated heterocycles. The van der Waals surface area contributed by atoms with Gasteiger partial charge in [-0.2, -0.15) is 0 Å². The average molecular weight is 310 g/mol. The molecule has 1 heterocycles. The van der Waals surface area contributed by atoms with E-state index in [4.69, 9.17) is 10.5 Å². The summed E-state index contributed by atoms with van der Waals surface area (Å²) in [6, 6.07) is 21.5. The summed E-state index contributed by atoms with van der Waals surface area (Å²) >= 11 is 0. The molecule has 2 unspecified atom stereocenters. The van der Waals surface area contributed by atoms with Gasteiger partial charge in [-0.15, -0.1) is 0 Å². The molecule has 2 aromatic rings. The number of benzene rings is 2. The number of rotatable bonds is 7. The molecule has 3 rings (SSSR count). The van der Waals surface area contributed by atoms with Crippen LogP contribution in [0.3, 0.4) is 0 Å². The van der Waals surface area contributed by atoms with Gasteiger partial charge in [0.25, 0.3) is 0 Å². The second-order valence-electron chi connectivity index (χ2n) is 6.23. The number of nitrogens with zero attached hydrogens (tertiary/aromatic N) is 1. The van der Waals surface area contributed by atoms with Crippen LogP contribution < -0.4 is 5.73 Å². The fourth-order valence-electron chi connectivity index (χ4n) is 3.37. The van der Waals surface area contributed by atoms with Crippen LogP contribution in [-0.2, 0) is 17.8 Å². The van der Waals surface area contributed by atoms with Crippen molar-refractivity contribution in [3.63, 3.8) is 0 Å². The minimum Gasteiger partial charge on any atom is -0.377 e. The van der Waals surface area contributed by atoms with Crippen LogP contribution in [0.2, 0.25) is 0 Å². The number of hydrogen-bond donors (Lipinski definition) is 1. The summed E-state index contributed by atoms with van der Waals surface area (Å²) in [6.07, 6.45) is 2.51. The van der Waals surface area contributed by atoms with Crippen LogP contribution in [0.1, 0.15) is 24.0 Å².